The number of nitrogens with zero attached hydrogens (tertiary/aromatic N) is 3. The number of urea groups is 1. The van der Waals surface area contributed by atoms with Gasteiger partial charge in [-0.15, -0.1) is 0 Å². The van der Waals surface area contributed by atoms with E-state index in [1.54, 1.807) is 9.80 Å². The summed E-state index contributed by atoms with van der Waals surface area (Å²) in [6, 6.07) is -0.106. The fourth-order valence-electron chi connectivity index (χ4n) is 2.10. The van der Waals surface area contributed by atoms with Crippen LogP contribution in [0.25, 0.3) is 0 Å². The van der Waals surface area contributed by atoms with Gasteiger partial charge in [0.05, 0.1) is 0 Å². The molecule has 116 valence electrons. The molecule has 1 heterocycles. The summed E-state index contributed by atoms with van der Waals surface area (Å²) in [6.45, 7) is 5.83. The first-order chi connectivity index (χ1) is 9.31. The van der Waals surface area contributed by atoms with Gasteiger partial charge in [-0.05, 0) is 13.8 Å². The van der Waals surface area contributed by atoms with E-state index in [9.17, 15) is 18.0 Å². The predicted molar refractivity (Wildman–Crippen MR) is 72.9 cm³/mol. The van der Waals surface area contributed by atoms with E-state index in [1.165, 1.54) is 0 Å². The van der Waals surface area contributed by atoms with Gasteiger partial charge in [0, 0.05) is 39.3 Å². The molecule has 1 fully saturated rings. The Kier molecular flexibility index (Phi) is 5.75. The zero-order valence-electron chi connectivity index (χ0n) is 11.8. The van der Waals surface area contributed by atoms with Crippen LogP contribution < -0.4 is 0 Å². The van der Waals surface area contributed by atoms with Crippen LogP contribution in [0.4, 0.5) is 4.79 Å². The van der Waals surface area contributed by atoms with Gasteiger partial charge in [0.1, 0.15) is 0 Å². The standard InChI is InChI=1S/C11H21N3O5S/c1-3-12(4-2)11(17)13-5-7-14(8-6-13)20(18,19)9-10(15)16/h3-9H2,1-2H3,(H,15,16). The second-order valence-electron chi connectivity index (χ2n) is 4.49. The van der Waals surface area contributed by atoms with Crippen LogP contribution in [-0.4, -0.2) is 84.7 Å². The molecule has 1 saturated heterocycles. The van der Waals surface area contributed by atoms with Crippen molar-refractivity contribution in [2.45, 2.75) is 13.8 Å². The number of carbonyl (C=O) groups excluding carboxylic acids is 1. The lowest BCUT2D eigenvalue weighted by molar-refractivity contribution is -0.134. The molecule has 1 aliphatic heterocycles. The predicted octanol–water partition coefficient (Wildman–Crippen LogP) is -0.520. The van der Waals surface area contributed by atoms with Crippen molar-refractivity contribution in [1.82, 2.24) is 14.1 Å². The van der Waals surface area contributed by atoms with E-state index < -0.39 is 21.7 Å². The van der Waals surface area contributed by atoms with Crippen molar-refractivity contribution >= 4 is 22.0 Å². The highest BCUT2D eigenvalue weighted by molar-refractivity contribution is 7.89. The minimum absolute atomic E-state index is 0.106. The third kappa shape index (κ3) is 4.07. The molecule has 1 N–H and O–H groups in total. The smallest absolute Gasteiger partial charge is 0.320 e. The maximum absolute atomic E-state index is 12.1. The highest BCUT2D eigenvalue weighted by Crippen LogP contribution is 2.10. The largest absolute Gasteiger partial charge is 0.480 e. The Balaban J connectivity index is 2.60. The van der Waals surface area contributed by atoms with Gasteiger partial charge in [-0.3, -0.25) is 4.79 Å². The molecule has 0 aromatic rings. The number of aliphatic carboxylic acids is 1. The number of carboxylic acid groups (broad SMARTS) is 1. The van der Waals surface area contributed by atoms with Crippen molar-refractivity contribution in [2.24, 2.45) is 0 Å². The molecule has 20 heavy (non-hydrogen) atoms. The number of rotatable bonds is 5. The van der Waals surface area contributed by atoms with Crippen molar-refractivity contribution in [1.29, 1.82) is 0 Å². The molecule has 0 saturated carbocycles. The van der Waals surface area contributed by atoms with Gasteiger partial charge in [-0.2, -0.15) is 4.31 Å². The van der Waals surface area contributed by atoms with Gasteiger partial charge in [-0.25, -0.2) is 13.2 Å². The third-order valence-electron chi connectivity index (χ3n) is 3.24. The monoisotopic (exact) mass is 307 g/mol. The first-order valence-electron chi connectivity index (χ1n) is 6.55. The summed E-state index contributed by atoms with van der Waals surface area (Å²) in [5, 5.41) is 8.58. The first-order valence-corrected chi connectivity index (χ1v) is 8.16. The van der Waals surface area contributed by atoms with Gasteiger partial charge >= 0.3 is 12.0 Å². The van der Waals surface area contributed by atoms with E-state index in [2.05, 4.69) is 0 Å². The summed E-state index contributed by atoms with van der Waals surface area (Å²) in [4.78, 5) is 25.9. The number of carboxylic acids is 1. The molecule has 0 unspecified atom stereocenters. The van der Waals surface area contributed by atoms with E-state index >= 15 is 0 Å². The molecule has 8 nitrogen and oxygen atoms in total. The maximum Gasteiger partial charge on any atom is 0.320 e. The van der Waals surface area contributed by atoms with Crippen LogP contribution in [0, 0.1) is 0 Å². The lowest BCUT2D eigenvalue weighted by atomic mass is 10.4. The lowest BCUT2D eigenvalue weighted by Crippen LogP contribution is -2.54. The normalized spacial score (nSPS) is 17.0. The van der Waals surface area contributed by atoms with E-state index in [0.717, 1.165) is 4.31 Å². The molecule has 1 aliphatic rings. The van der Waals surface area contributed by atoms with Crippen LogP contribution in [0.5, 0.6) is 0 Å². The Morgan fingerprint density at radius 2 is 1.60 bits per heavy atom. The highest BCUT2D eigenvalue weighted by Gasteiger charge is 2.31. The van der Waals surface area contributed by atoms with Gasteiger partial charge in [0.15, 0.2) is 5.75 Å². The maximum atomic E-state index is 12.1. The van der Waals surface area contributed by atoms with Crippen molar-refractivity contribution < 1.29 is 23.1 Å². The zero-order chi connectivity index (χ0) is 15.3. The molecule has 0 atom stereocenters. The molecule has 0 radical (unpaired) electrons. The van der Waals surface area contributed by atoms with E-state index in [1.807, 2.05) is 13.8 Å². The zero-order valence-corrected chi connectivity index (χ0v) is 12.6. The summed E-state index contributed by atoms with van der Waals surface area (Å²) in [5.74, 6) is -2.27. The SMILES string of the molecule is CCN(CC)C(=O)N1CCN(S(=O)(=O)CC(=O)O)CC1. The Hall–Kier alpha value is -1.35. The van der Waals surface area contributed by atoms with Crippen molar-refractivity contribution in [3.05, 3.63) is 0 Å². The quantitative estimate of drug-likeness (QED) is 0.737. The molecular weight excluding hydrogens is 286 g/mol. The minimum Gasteiger partial charge on any atom is -0.480 e. The topological polar surface area (TPSA) is 98.2 Å². The molecule has 0 aromatic heterocycles. The van der Waals surface area contributed by atoms with Gasteiger partial charge in [-0.1, -0.05) is 0 Å². The van der Waals surface area contributed by atoms with Crippen LogP contribution in [0.2, 0.25) is 0 Å². The number of piperazine rings is 1. The average molecular weight is 307 g/mol. The molecule has 0 spiro atoms. The second-order valence-corrected chi connectivity index (χ2v) is 6.46. The van der Waals surface area contributed by atoms with Crippen LogP contribution in [0.1, 0.15) is 13.8 Å². The van der Waals surface area contributed by atoms with Crippen molar-refractivity contribution in [3.8, 4) is 0 Å². The Morgan fingerprint density at radius 1 is 1.10 bits per heavy atom. The van der Waals surface area contributed by atoms with Gasteiger partial charge in [0.25, 0.3) is 0 Å². The Bertz CT molecular complexity index is 453. The summed E-state index contributed by atoms with van der Waals surface area (Å²) in [6.07, 6.45) is 0. The number of sulfonamides is 1. The number of amides is 2. The van der Waals surface area contributed by atoms with Crippen LogP contribution in [0.15, 0.2) is 0 Å². The fraction of sp³-hybridized carbons (Fsp3) is 0.818. The van der Waals surface area contributed by atoms with Gasteiger partial charge in [0.2, 0.25) is 10.0 Å². The molecule has 2 amide bonds. The molecule has 0 aliphatic carbocycles. The fourth-order valence-corrected chi connectivity index (χ4v) is 3.31. The Labute approximate surface area is 119 Å². The molecular formula is C11H21N3O5S. The van der Waals surface area contributed by atoms with Crippen molar-refractivity contribution in [2.75, 3.05) is 45.0 Å². The van der Waals surface area contributed by atoms with E-state index in [4.69, 9.17) is 5.11 Å². The molecule has 0 aromatic carbocycles. The first kappa shape index (κ1) is 16.7. The number of hydrogen-bond donors (Lipinski definition) is 1. The molecule has 0 bridgehead atoms. The summed E-state index contributed by atoms with van der Waals surface area (Å²) in [7, 11) is -3.78. The molecule has 9 heteroatoms. The van der Waals surface area contributed by atoms with Gasteiger partial charge < -0.3 is 14.9 Å². The second kappa shape index (κ2) is 6.89. The highest BCUT2D eigenvalue weighted by atomic mass is 32.2. The lowest BCUT2D eigenvalue weighted by Gasteiger charge is -2.36. The van der Waals surface area contributed by atoms with Crippen LogP contribution >= 0.6 is 0 Å². The van der Waals surface area contributed by atoms with Crippen LogP contribution in [-0.2, 0) is 14.8 Å². The minimum atomic E-state index is -3.78. The third-order valence-corrected chi connectivity index (χ3v) is 5.01. The van der Waals surface area contributed by atoms with Crippen LogP contribution in [0.3, 0.4) is 0 Å². The number of hydrogen-bond acceptors (Lipinski definition) is 4. The van der Waals surface area contributed by atoms with E-state index in [0.29, 0.717) is 13.1 Å². The summed E-state index contributed by atoms with van der Waals surface area (Å²) < 4.78 is 24.6. The average Bonchev–Trinajstić information content (AvgIpc) is 2.38. The summed E-state index contributed by atoms with van der Waals surface area (Å²) in [5.41, 5.74) is 0. The van der Waals surface area contributed by atoms with E-state index in [-0.39, 0.29) is 32.2 Å². The van der Waals surface area contributed by atoms with Crippen molar-refractivity contribution in [3.63, 3.8) is 0 Å². The molecule has 1 rings (SSSR count). The Morgan fingerprint density at radius 3 is 2.00 bits per heavy atom. The summed E-state index contributed by atoms with van der Waals surface area (Å²) >= 11 is 0. The number of carbonyl (C=O) groups is 2.